The molecule has 0 atom stereocenters. The summed E-state index contributed by atoms with van der Waals surface area (Å²) in [6.07, 6.45) is 1.74. The maximum absolute atomic E-state index is 13.6. The normalized spacial score (nSPS) is 15.8. The highest BCUT2D eigenvalue weighted by molar-refractivity contribution is 6.09. The molecule has 7 heteroatoms. The van der Waals surface area contributed by atoms with Crippen LogP contribution < -0.4 is 19.3 Å². The first kappa shape index (κ1) is 27.1. The molecule has 0 spiro atoms. The second kappa shape index (κ2) is 11.8. The van der Waals surface area contributed by atoms with Crippen LogP contribution in [0.5, 0.6) is 11.5 Å². The first-order chi connectivity index (χ1) is 20.5. The minimum absolute atomic E-state index is 0.00266. The van der Waals surface area contributed by atoms with Gasteiger partial charge in [-0.1, -0.05) is 66.2 Å². The van der Waals surface area contributed by atoms with Gasteiger partial charge in [-0.15, -0.1) is 0 Å². The molecule has 6 rings (SSSR count). The fourth-order valence-corrected chi connectivity index (χ4v) is 5.51. The van der Waals surface area contributed by atoms with Gasteiger partial charge in [-0.3, -0.25) is 14.5 Å². The van der Waals surface area contributed by atoms with Crippen molar-refractivity contribution < 1.29 is 19.1 Å². The summed E-state index contributed by atoms with van der Waals surface area (Å²) in [5.41, 5.74) is 5.38. The van der Waals surface area contributed by atoms with Gasteiger partial charge in [0.1, 0.15) is 5.75 Å². The number of piperazine rings is 1. The Morgan fingerprint density at radius 3 is 2.31 bits per heavy atom. The Balaban J connectivity index is 1.15. The lowest BCUT2D eigenvalue weighted by Gasteiger charge is -2.36. The van der Waals surface area contributed by atoms with E-state index in [1.165, 1.54) is 0 Å². The third kappa shape index (κ3) is 5.59. The zero-order chi connectivity index (χ0) is 29.1. The summed E-state index contributed by atoms with van der Waals surface area (Å²) >= 11 is 0. The van der Waals surface area contributed by atoms with E-state index in [-0.39, 0.29) is 17.6 Å². The number of aryl methyl sites for hydroxylation is 1. The fourth-order valence-electron chi connectivity index (χ4n) is 5.51. The molecule has 0 aliphatic carbocycles. The number of fused-ring (bicyclic) bond motifs is 1. The van der Waals surface area contributed by atoms with Crippen molar-refractivity contribution in [3.63, 3.8) is 0 Å². The van der Waals surface area contributed by atoms with Gasteiger partial charge in [0.25, 0.3) is 11.8 Å². The molecule has 4 aromatic rings. The maximum atomic E-state index is 13.6. The second-order valence-corrected chi connectivity index (χ2v) is 10.5. The number of hydrogen-bond donors (Lipinski definition) is 0. The monoisotopic (exact) mass is 559 g/mol. The average molecular weight is 560 g/mol. The number of para-hydroxylation sites is 4. The second-order valence-electron chi connectivity index (χ2n) is 10.5. The van der Waals surface area contributed by atoms with Gasteiger partial charge in [0.05, 0.1) is 25.0 Å². The number of rotatable bonds is 6. The lowest BCUT2D eigenvalue weighted by Crippen LogP contribution is -2.48. The van der Waals surface area contributed by atoms with Gasteiger partial charge in [-0.25, -0.2) is 0 Å². The molecule has 1 fully saturated rings. The Hall–Kier alpha value is -5.04. The number of nitrogens with zero attached hydrogens (tertiary/aromatic N) is 3. The van der Waals surface area contributed by atoms with Crippen LogP contribution in [0, 0.1) is 6.92 Å². The molecule has 1 saturated heterocycles. The summed E-state index contributed by atoms with van der Waals surface area (Å²) in [4.78, 5) is 32.8. The van der Waals surface area contributed by atoms with Crippen LogP contribution in [0.2, 0.25) is 0 Å². The molecule has 2 heterocycles. The van der Waals surface area contributed by atoms with Crippen LogP contribution in [-0.2, 0) is 11.3 Å². The quantitative estimate of drug-likeness (QED) is 0.274. The molecule has 0 bridgehead atoms. The van der Waals surface area contributed by atoms with Gasteiger partial charge in [0.2, 0.25) is 0 Å². The van der Waals surface area contributed by atoms with Crippen molar-refractivity contribution in [3.05, 3.63) is 125 Å². The molecule has 4 aromatic carbocycles. The molecular formula is C35H33N3O4. The predicted octanol–water partition coefficient (Wildman–Crippen LogP) is 5.93. The van der Waals surface area contributed by atoms with Gasteiger partial charge in [0, 0.05) is 31.7 Å². The third-order valence-electron chi connectivity index (χ3n) is 7.70. The van der Waals surface area contributed by atoms with E-state index in [0.29, 0.717) is 30.9 Å². The molecular weight excluding hydrogens is 526 g/mol. The standard InChI is InChI=1S/C35H33N3O4/c1-25-8-7-9-27(22-25)24-38-30-11-4-6-13-32(30)42-33(35(38)40)23-26-14-16-28(17-15-26)34(39)37-20-18-36(19-21-37)29-10-3-5-12-31(29)41-2/h3-17,22-23H,18-21,24H2,1-2H3. The van der Waals surface area contributed by atoms with E-state index in [4.69, 9.17) is 9.47 Å². The Kier molecular flexibility index (Phi) is 7.64. The fraction of sp³-hybridized carbons (Fsp3) is 0.200. The molecule has 2 amide bonds. The molecule has 0 saturated carbocycles. The molecule has 0 unspecified atom stereocenters. The molecule has 7 nitrogen and oxygen atoms in total. The van der Waals surface area contributed by atoms with Crippen molar-refractivity contribution in [2.75, 3.05) is 43.1 Å². The van der Waals surface area contributed by atoms with E-state index in [2.05, 4.69) is 11.0 Å². The van der Waals surface area contributed by atoms with E-state index in [9.17, 15) is 9.59 Å². The van der Waals surface area contributed by atoms with Crippen LogP contribution >= 0.6 is 0 Å². The van der Waals surface area contributed by atoms with Crippen LogP contribution in [0.25, 0.3) is 6.08 Å². The number of carbonyl (C=O) groups excluding carboxylic acids is 2. The Morgan fingerprint density at radius 2 is 1.57 bits per heavy atom. The first-order valence-electron chi connectivity index (χ1n) is 14.1. The number of carbonyl (C=O) groups is 2. The Labute approximate surface area is 246 Å². The van der Waals surface area contributed by atoms with E-state index >= 15 is 0 Å². The highest BCUT2D eigenvalue weighted by Gasteiger charge is 2.30. The van der Waals surface area contributed by atoms with E-state index < -0.39 is 0 Å². The summed E-state index contributed by atoms with van der Waals surface area (Å²) in [5.74, 6) is 1.51. The lowest BCUT2D eigenvalue weighted by molar-refractivity contribution is -0.117. The van der Waals surface area contributed by atoms with Crippen molar-refractivity contribution in [1.82, 2.24) is 4.90 Å². The average Bonchev–Trinajstić information content (AvgIpc) is 3.03. The van der Waals surface area contributed by atoms with E-state index in [1.807, 2.05) is 103 Å². The number of ether oxygens (including phenoxy) is 2. The zero-order valence-electron chi connectivity index (χ0n) is 23.8. The van der Waals surface area contributed by atoms with Gasteiger partial charge >= 0.3 is 0 Å². The molecule has 42 heavy (non-hydrogen) atoms. The van der Waals surface area contributed by atoms with Gasteiger partial charge in [-0.2, -0.15) is 0 Å². The van der Waals surface area contributed by atoms with Crippen LogP contribution in [0.15, 0.2) is 103 Å². The largest absolute Gasteiger partial charge is 0.495 e. The smallest absolute Gasteiger partial charge is 0.294 e. The molecule has 2 aliphatic rings. The van der Waals surface area contributed by atoms with Crippen molar-refractivity contribution in [2.24, 2.45) is 0 Å². The van der Waals surface area contributed by atoms with Crippen LogP contribution in [0.3, 0.4) is 0 Å². The van der Waals surface area contributed by atoms with Crippen LogP contribution in [0.4, 0.5) is 11.4 Å². The SMILES string of the molecule is COc1ccccc1N1CCN(C(=O)c2ccc(C=C3Oc4ccccc4N(Cc4cccc(C)c4)C3=O)cc2)CC1. The molecule has 0 radical (unpaired) electrons. The minimum Gasteiger partial charge on any atom is -0.495 e. The Bertz CT molecular complexity index is 1640. The van der Waals surface area contributed by atoms with Crippen molar-refractivity contribution >= 4 is 29.3 Å². The first-order valence-corrected chi connectivity index (χ1v) is 14.1. The molecule has 212 valence electrons. The maximum Gasteiger partial charge on any atom is 0.294 e. The summed E-state index contributed by atoms with van der Waals surface area (Å²) in [5, 5.41) is 0. The number of hydrogen-bond acceptors (Lipinski definition) is 5. The molecule has 0 aromatic heterocycles. The number of anilines is 2. The lowest BCUT2D eigenvalue weighted by atomic mass is 10.1. The number of benzene rings is 4. The molecule has 0 N–H and O–H groups in total. The summed E-state index contributed by atoms with van der Waals surface area (Å²) in [7, 11) is 1.68. The van der Waals surface area contributed by atoms with Crippen molar-refractivity contribution in [1.29, 1.82) is 0 Å². The van der Waals surface area contributed by atoms with Gasteiger partial charge in [-0.05, 0) is 60.5 Å². The van der Waals surface area contributed by atoms with E-state index in [0.717, 1.165) is 46.9 Å². The molecule has 2 aliphatic heterocycles. The topological polar surface area (TPSA) is 62.3 Å². The van der Waals surface area contributed by atoms with Crippen molar-refractivity contribution in [2.45, 2.75) is 13.5 Å². The minimum atomic E-state index is -0.205. The summed E-state index contributed by atoms with van der Waals surface area (Å²) in [6, 6.07) is 31.0. The Morgan fingerprint density at radius 1 is 0.857 bits per heavy atom. The number of amides is 2. The van der Waals surface area contributed by atoms with Crippen LogP contribution in [0.1, 0.15) is 27.0 Å². The van der Waals surface area contributed by atoms with Crippen LogP contribution in [-0.4, -0.2) is 50.0 Å². The number of methoxy groups -OCH3 is 1. The summed E-state index contributed by atoms with van der Waals surface area (Å²) < 4.78 is 11.6. The zero-order valence-corrected chi connectivity index (χ0v) is 23.8. The third-order valence-corrected chi connectivity index (χ3v) is 7.70. The van der Waals surface area contributed by atoms with Crippen molar-refractivity contribution in [3.8, 4) is 11.5 Å². The predicted molar refractivity (Wildman–Crippen MR) is 165 cm³/mol. The highest BCUT2D eigenvalue weighted by Crippen LogP contribution is 2.36. The van der Waals surface area contributed by atoms with Gasteiger partial charge < -0.3 is 19.3 Å². The highest BCUT2D eigenvalue weighted by atomic mass is 16.5. The van der Waals surface area contributed by atoms with E-state index in [1.54, 1.807) is 18.1 Å². The summed E-state index contributed by atoms with van der Waals surface area (Å²) in [6.45, 7) is 5.20. The van der Waals surface area contributed by atoms with Gasteiger partial charge in [0.15, 0.2) is 11.5 Å².